The Morgan fingerprint density at radius 3 is 1.38 bits per heavy atom. The number of alkyl halides is 6. The van der Waals surface area contributed by atoms with Crippen molar-refractivity contribution >= 4 is 0 Å². The van der Waals surface area contributed by atoms with Crippen molar-refractivity contribution in [3.63, 3.8) is 0 Å². The summed E-state index contributed by atoms with van der Waals surface area (Å²) in [4.78, 5) is 0. The van der Waals surface area contributed by atoms with Crippen LogP contribution in [0, 0.1) is 0 Å². The van der Waals surface area contributed by atoms with E-state index in [0.717, 1.165) is 0 Å². The van der Waals surface area contributed by atoms with Gasteiger partial charge in [0.05, 0.1) is 6.61 Å². The minimum Gasteiger partial charge on any atom is -0.368 e. The van der Waals surface area contributed by atoms with Crippen LogP contribution in [0.1, 0.15) is 11.1 Å². The molecule has 0 aliphatic rings. The average molecular weight is 378 g/mol. The van der Waals surface area contributed by atoms with Crippen molar-refractivity contribution in [1.29, 1.82) is 0 Å². The Morgan fingerprint density at radius 2 is 1.00 bits per heavy atom. The first-order valence-electron chi connectivity index (χ1n) is 7.59. The molecule has 0 aliphatic carbocycles. The molecule has 0 spiro atoms. The molecule has 0 aliphatic heterocycles. The lowest BCUT2D eigenvalue weighted by molar-refractivity contribution is -0.222. The van der Waals surface area contributed by atoms with Crippen LogP contribution < -0.4 is 0 Å². The largest absolute Gasteiger partial charge is 0.411 e. The predicted molar refractivity (Wildman–Crippen MR) is 82.5 cm³/mol. The Labute approximate surface area is 146 Å². The molecule has 0 saturated carbocycles. The lowest BCUT2D eigenvalue weighted by atomic mass is 9.86. The SMILES string of the molecule is FC(F)(F)COCC(OCC(F)(F)F)(c1ccccc1)c1ccccc1. The summed E-state index contributed by atoms with van der Waals surface area (Å²) < 4.78 is 85.6. The Balaban J connectivity index is 2.44. The Bertz CT molecular complexity index is 628. The summed E-state index contributed by atoms with van der Waals surface area (Å²) in [6, 6.07) is 15.5. The first-order valence-corrected chi connectivity index (χ1v) is 7.59. The third-order valence-corrected chi connectivity index (χ3v) is 3.53. The van der Waals surface area contributed by atoms with Crippen LogP contribution in [0.3, 0.4) is 0 Å². The summed E-state index contributed by atoms with van der Waals surface area (Å²) in [5.74, 6) is 0. The quantitative estimate of drug-likeness (QED) is 0.625. The maximum Gasteiger partial charge on any atom is 0.411 e. The van der Waals surface area contributed by atoms with Crippen LogP contribution in [0.15, 0.2) is 60.7 Å². The maximum atomic E-state index is 12.8. The van der Waals surface area contributed by atoms with Gasteiger partial charge in [-0.3, -0.25) is 0 Å². The molecule has 2 rings (SSSR count). The second-order valence-electron chi connectivity index (χ2n) is 5.57. The van der Waals surface area contributed by atoms with E-state index >= 15 is 0 Å². The number of hydrogen-bond acceptors (Lipinski definition) is 2. The molecule has 0 amide bonds. The molecule has 0 saturated heterocycles. The minimum atomic E-state index is -4.65. The lowest BCUT2D eigenvalue weighted by Gasteiger charge is -2.35. The third-order valence-electron chi connectivity index (χ3n) is 3.53. The summed E-state index contributed by atoms with van der Waals surface area (Å²) in [5, 5.41) is 0. The van der Waals surface area contributed by atoms with E-state index < -0.39 is 37.8 Å². The molecule has 2 nitrogen and oxygen atoms in total. The monoisotopic (exact) mass is 378 g/mol. The fraction of sp³-hybridized carbons (Fsp3) is 0.333. The van der Waals surface area contributed by atoms with Gasteiger partial charge >= 0.3 is 12.4 Å². The first-order chi connectivity index (χ1) is 12.1. The van der Waals surface area contributed by atoms with Gasteiger partial charge in [-0.05, 0) is 11.1 Å². The fourth-order valence-corrected chi connectivity index (χ4v) is 2.47. The van der Waals surface area contributed by atoms with Gasteiger partial charge in [0.2, 0.25) is 0 Å². The van der Waals surface area contributed by atoms with Crippen molar-refractivity contribution in [2.24, 2.45) is 0 Å². The lowest BCUT2D eigenvalue weighted by Crippen LogP contribution is -2.40. The molecular formula is C18H16F6O2. The summed E-state index contributed by atoms with van der Waals surface area (Å²) in [6.07, 6.45) is -9.26. The number of hydrogen-bond donors (Lipinski definition) is 0. The Kier molecular flexibility index (Phi) is 6.30. The predicted octanol–water partition coefficient (Wildman–Crippen LogP) is 5.09. The van der Waals surface area contributed by atoms with Gasteiger partial charge < -0.3 is 9.47 Å². The van der Waals surface area contributed by atoms with Gasteiger partial charge in [-0.15, -0.1) is 0 Å². The zero-order valence-corrected chi connectivity index (χ0v) is 13.5. The molecule has 0 atom stereocenters. The zero-order valence-electron chi connectivity index (χ0n) is 13.5. The summed E-state index contributed by atoms with van der Waals surface area (Å²) >= 11 is 0. The van der Waals surface area contributed by atoms with Gasteiger partial charge in [0.15, 0.2) is 0 Å². The van der Waals surface area contributed by atoms with Gasteiger partial charge in [0.25, 0.3) is 0 Å². The van der Waals surface area contributed by atoms with E-state index in [0.29, 0.717) is 0 Å². The van der Waals surface area contributed by atoms with Crippen molar-refractivity contribution in [3.05, 3.63) is 71.8 Å². The highest BCUT2D eigenvalue weighted by atomic mass is 19.4. The molecule has 0 radical (unpaired) electrons. The molecule has 0 unspecified atom stereocenters. The normalized spacial score (nSPS) is 13.0. The van der Waals surface area contributed by atoms with Gasteiger partial charge in [-0.1, -0.05) is 60.7 Å². The average Bonchev–Trinajstić information content (AvgIpc) is 2.58. The van der Waals surface area contributed by atoms with Crippen LogP contribution in [-0.4, -0.2) is 32.2 Å². The molecule has 2 aromatic rings. The van der Waals surface area contributed by atoms with E-state index in [2.05, 4.69) is 0 Å². The molecule has 142 valence electrons. The van der Waals surface area contributed by atoms with Crippen molar-refractivity contribution in [2.75, 3.05) is 19.8 Å². The van der Waals surface area contributed by atoms with E-state index in [9.17, 15) is 26.3 Å². The van der Waals surface area contributed by atoms with E-state index in [1.807, 2.05) is 0 Å². The van der Waals surface area contributed by atoms with Gasteiger partial charge in [0.1, 0.15) is 18.8 Å². The summed E-state index contributed by atoms with van der Waals surface area (Å²) in [6.45, 7) is -3.95. The molecule has 26 heavy (non-hydrogen) atoms. The highest BCUT2D eigenvalue weighted by Gasteiger charge is 2.41. The van der Waals surface area contributed by atoms with E-state index in [1.54, 1.807) is 36.4 Å². The molecule has 0 bridgehead atoms. The van der Waals surface area contributed by atoms with Gasteiger partial charge in [-0.25, -0.2) is 0 Å². The van der Waals surface area contributed by atoms with Crippen LogP contribution in [0.2, 0.25) is 0 Å². The fourth-order valence-electron chi connectivity index (χ4n) is 2.47. The third kappa shape index (κ3) is 5.74. The summed E-state index contributed by atoms with van der Waals surface area (Å²) in [7, 11) is 0. The number of benzene rings is 2. The summed E-state index contributed by atoms with van der Waals surface area (Å²) in [5.41, 5.74) is -1.31. The topological polar surface area (TPSA) is 18.5 Å². The zero-order chi connectivity index (χ0) is 19.3. The van der Waals surface area contributed by atoms with Crippen molar-refractivity contribution in [2.45, 2.75) is 18.0 Å². The van der Waals surface area contributed by atoms with Crippen molar-refractivity contribution < 1.29 is 35.8 Å². The molecule has 8 heteroatoms. The van der Waals surface area contributed by atoms with Crippen molar-refractivity contribution in [1.82, 2.24) is 0 Å². The molecule has 0 heterocycles. The van der Waals surface area contributed by atoms with Gasteiger partial charge in [-0.2, -0.15) is 26.3 Å². The second-order valence-corrected chi connectivity index (χ2v) is 5.57. The van der Waals surface area contributed by atoms with E-state index in [-0.39, 0.29) is 11.1 Å². The number of rotatable bonds is 7. The van der Waals surface area contributed by atoms with Crippen LogP contribution >= 0.6 is 0 Å². The Hall–Kier alpha value is -2.06. The second kappa shape index (κ2) is 8.09. The van der Waals surface area contributed by atoms with Crippen molar-refractivity contribution in [3.8, 4) is 0 Å². The first kappa shape index (κ1) is 20.3. The number of halogens is 6. The van der Waals surface area contributed by atoms with E-state index in [1.165, 1.54) is 24.3 Å². The standard InChI is InChI=1S/C18H16F6O2/c19-17(20,21)12-25-11-16(26-13-18(22,23)24,14-7-3-1-4-8-14)15-9-5-2-6-10-15/h1-10H,11-13H2. The molecule has 2 aromatic carbocycles. The van der Waals surface area contributed by atoms with Crippen LogP contribution in [0.4, 0.5) is 26.3 Å². The molecular weight excluding hydrogens is 362 g/mol. The maximum absolute atomic E-state index is 12.8. The minimum absolute atomic E-state index is 0.262. The van der Waals surface area contributed by atoms with Crippen LogP contribution in [-0.2, 0) is 15.1 Å². The van der Waals surface area contributed by atoms with Crippen LogP contribution in [0.5, 0.6) is 0 Å². The highest BCUT2D eigenvalue weighted by Crippen LogP contribution is 2.36. The Morgan fingerprint density at radius 1 is 0.577 bits per heavy atom. The smallest absolute Gasteiger partial charge is 0.368 e. The highest BCUT2D eigenvalue weighted by molar-refractivity contribution is 5.36. The molecule has 0 N–H and O–H groups in total. The molecule has 0 fully saturated rings. The molecule has 0 aromatic heterocycles. The van der Waals surface area contributed by atoms with E-state index in [4.69, 9.17) is 9.47 Å². The number of ether oxygens (including phenoxy) is 2. The van der Waals surface area contributed by atoms with Crippen LogP contribution in [0.25, 0.3) is 0 Å². The van der Waals surface area contributed by atoms with Gasteiger partial charge in [0, 0.05) is 0 Å².